The summed E-state index contributed by atoms with van der Waals surface area (Å²) in [6.45, 7) is 1.72. The van der Waals surface area contributed by atoms with E-state index in [2.05, 4.69) is 22.6 Å². The number of benzene rings is 1. The van der Waals surface area contributed by atoms with Gasteiger partial charge in [0.2, 0.25) is 0 Å². The Kier molecular flexibility index (Phi) is 4.24. The summed E-state index contributed by atoms with van der Waals surface area (Å²) in [7, 11) is 0. The number of likely N-dealkylation sites (tertiary alicyclic amines) is 1. The summed E-state index contributed by atoms with van der Waals surface area (Å²) < 4.78 is 0.974. The van der Waals surface area contributed by atoms with Crippen molar-refractivity contribution in [1.82, 2.24) is 4.90 Å². The first-order valence-electron chi connectivity index (χ1n) is 7.04. The Morgan fingerprint density at radius 2 is 2.05 bits per heavy atom. The van der Waals surface area contributed by atoms with E-state index in [4.69, 9.17) is 17.3 Å². The third-order valence-corrected chi connectivity index (χ3v) is 6.12. The van der Waals surface area contributed by atoms with Crippen LogP contribution in [0.3, 0.4) is 0 Å². The van der Waals surface area contributed by atoms with Crippen molar-refractivity contribution < 1.29 is 4.79 Å². The minimum Gasteiger partial charge on any atom is -0.338 e. The molecule has 1 saturated carbocycles. The van der Waals surface area contributed by atoms with Gasteiger partial charge in [0.15, 0.2) is 0 Å². The van der Waals surface area contributed by atoms with E-state index in [1.54, 1.807) is 6.07 Å². The first-order chi connectivity index (χ1) is 9.54. The fraction of sp³-hybridized carbons (Fsp3) is 0.533. The van der Waals surface area contributed by atoms with Crippen LogP contribution in [0, 0.1) is 15.4 Å². The van der Waals surface area contributed by atoms with Gasteiger partial charge in [0.25, 0.3) is 5.91 Å². The molecule has 3 atom stereocenters. The molecule has 1 saturated heterocycles. The molecule has 5 heteroatoms. The zero-order valence-electron chi connectivity index (χ0n) is 11.2. The summed E-state index contributed by atoms with van der Waals surface area (Å²) in [4.78, 5) is 14.5. The average Bonchev–Trinajstić information content (AvgIpc) is 2.84. The van der Waals surface area contributed by atoms with E-state index in [1.165, 1.54) is 0 Å². The molecule has 108 valence electrons. The molecule has 1 aliphatic carbocycles. The second-order valence-electron chi connectivity index (χ2n) is 5.93. The molecular weight excluding hydrogens is 387 g/mol. The van der Waals surface area contributed by atoms with Crippen LogP contribution in [-0.2, 0) is 0 Å². The Balaban J connectivity index is 1.73. The largest absolute Gasteiger partial charge is 0.338 e. The van der Waals surface area contributed by atoms with Crippen molar-refractivity contribution in [3.05, 3.63) is 32.4 Å². The van der Waals surface area contributed by atoms with Crippen LogP contribution in [0.5, 0.6) is 0 Å². The van der Waals surface area contributed by atoms with E-state index in [-0.39, 0.29) is 5.91 Å². The van der Waals surface area contributed by atoms with E-state index < -0.39 is 0 Å². The molecule has 1 amide bonds. The Bertz CT molecular complexity index is 537. The summed E-state index contributed by atoms with van der Waals surface area (Å²) >= 11 is 8.28. The topological polar surface area (TPSA) is 46.3 Å². The van der Waals surface area contributed by atoms with Gasteiger partial charge in [-0.05, 0) is 71.9 Å². The second kappa shape index (κ2) is 5.81. The van der Waals surface area contributed by atoms with Crippen molar-refractivity contribution in [2.24, 2.45) is 17.6 Å². The summed E-state index contributed by atoms with van der Waals surface area (Å²) in [5, 5.41) is 0.648. The van der Waals surface area contributed by atoms with Crippen molar-refractivity contribution in [3.8, 4) is 0 Å². The molecule has 1 unspecified atom stereocenters. The van der Waals surface area contributed by atoms with Gasteiger partial charge in [-0.3, -0.25) is 4.79 Å². The van der Waals surface area contributed by atoms with Crippen molar-refractivity contribution in [1.29, 1.82) is 0 Å². The van der Waals surface area contributed by atoms with E-state index in [0.717, 1.165) is 35.9 Å². The molecule has 1 heterocycles. The van der Waals surface area contributed by atoms with E-state index in [9.17, 15) is 4.79 Å². The number of nitrogens with two attached hydrogens (primary N) is 1. The van der Waals surface area contributed by atoms with Crippen LogP contribution in [0.2, 0.25) is 5.02 Å². The van der Waals surface area contributed by atoms with Gasteiger partial charge in [0.1, 0.15) is 0 Å². The van der Waals surface area contributed by atoms with Gasteiger partial charge in [-0.1, -0.05) is 11.6 Å². The fourth-order valence-electron chi connectivity index (χ4n) is 3.45. The lowest BCUT2D eigenvalue weighted by Crippen LogP contribution is -2.32. The second-order valence-corrected chi connectivity index (χ2v) is 7.50. The zero-order chi connectivity index (χ0) is 14.3. The first-order valence-corrected chi connectivity index (χ1v) is 8.50. The molecule has 0 bridgehead atoms. The number of fused-ring (bicyclic) bond motifs is 1. The quantitative estimate of drug-likeness (QED) is 0.731. The first kappa shape index (κ1) is 14.6. The number of carbonyl (C=O) groups excluding carboxylic acids is 1. The Morgan fingerprint density at radius 3 is 2.80 bits per heavy atom. The van der Waals surface area contributed by atoms with Crippen LogP contribution < -0.4 is 5.73 Å². The Morgan fingerprint density at radius 1 is 1.30 bits per heavy atom. The molecule has 1 aromatic rings. The summed E-state index contributed by atoms with van der Waals surface area (Å²) in [6, 6.07) is 5.86. The molecule has 2 fully saturated rings. The van der Waals surface area contributed by atoms with E-state index in [0.29, 0.717) is 28.5 Å². The monoisotopic (exact) mass is 404 g/mol. The molecule has 3 rings (SSSR count). The normalized spacial score (nSPS) is 29.4. The van der Waals surface area contributed by atoms with Gasteiger partial charge in [-0.15, -0.1) is 0 Å². The average molecular weight is 405 g/mol. The number of rotatable bonds is 1. The van der Waals surface area contributed by atoms with Crippen LogP contribution >= 0.6 is 34.2 Å². The van der Waals surface area contributed by atoms with Gasteiger partial charge < -0.3 is 10.6 Å². The lowest BCUT2D eigenvalue weighted by Gasteiger charge is -2.27. The van der Waals surface area contributed by atoms with E-state index in [1.807, 2.05) is 17.0 Å². The summed E-state index contributed by atoms with van der Waals surface area (Å²) in [5.41, 5.74) is 6.73. The number of hydrogen-bond acceptors (Lipinski definition) is 2. The molecule has 3 nitrogen and oxygen atoms in total. The predicted molar refractivity (Wildman–Crippen MR) is 88.9 cm³/mol. The molecule has 2 aliphatic rings. The van der Waals surface area contributed by atoms with Crippen molar-refractivity contribution in [2.75, 3.05) is 13.1 Å². The highest BCUT2D eigenvalue weighted by Gasteiger charge is 2.38. The maximum absolute atomic E-state index is 12.6. The minimum absolute atomic E-state index is 0.103. The molecule has 0 spiro atoms. The van der Waals surface area contributed by atoms with Crippen molar-refractivity contribution >= 4 is 40.1 Å². The summed E-state index contributed by atoms with van der Waals surface area (Å²) in [6.07, 6.45) is 3.31. The van der Waals surface area contributed by atoms with E-state index >= 15 is 0 Å². The lowest BCUT2D eigenvalue weighted by atomic mass is 9.79. The van der Waals surface area contributed by atoms with Crippen LogP contribution in [0.4, 0.5) is 0 Å². The number of hydrogen-bond donors (Lipinski definition) is 1. The molecule has 0 radical (unpaired) electrons. The van der Waals surface area contributed by atoms with Crippen LogP contribution in [0.25, 0.3) is 0 Å². The van der Waals surface area contributed by atoms with Gasteiger partial charge in [0.05, 0.1) is 5.02 Å². The number of halogens is 2. The SMILES string of the molecule is NC1CC[C@@H]2CN(C(=O)c3ccc(I)c(Cl)c3)C[C@@H]2C1. The van der Waals surface area contributed by atoms with Crippen molar-refractivity contribution in [3.63, 3.8) is 0 Å². The highest BCUT2D eigenvalue weighted by Crippen LogP contribution is 2.36. The highest BCUT2D eigenvalue weighted by molar-refractivity contribution is 14.1. The summed E-state index contributed by atoms with van der Waals surface area (Å²) in [5.74, 6) is 1.33. The fourth-order valence-corrected chi connectivity index (χ4v) is 3.96. The standard InChI is InChI=1S/C15H18ClIN2O/c16-13-6-9(2-4-14(13)17)15(20)19-7-10-1-3-12(18)5-11(10)8-19/h2,4,6,10-12H,1,3,5,7-8,18H2/t10-,11+,12?/m1/s1. The molecule has 0 aromatic heterocycles. The predicted octanol–water partition coefficient (Wildman–Crippen LogP) is 3.14. The van der Waals surface area contributed by atoms with Crippen LogP contribution in [0.1, 0.15) is 29.6 Å². The lowest BCUT2D eigenvalue weighted by molar-refractivity contribution is 0.0784. The number of nitrogens with zero attached hydrogens (tertiary/aromatic N) is 1. The number of carbonyl (C=O) groups is 1. The third-order valence-electron chi connectivity index (χ3n) is 4.54. The maximum Gasteiger partial charge on any atom is 0.253 e. The zero-order valence-corrected chi connectivity index (χ0v) is 14.1. The molecule has 20 heavy (non-hydrogen) atoms. The Labute approximate surface area is 138 Å². The molecule has 1 aliphatic heterocycles. The Hall–Kier alpha value is -0.330. The molecule has 1 aromatic carbocycles. The smallest absolute Gasteiger partial charge is 0.253 e. The van der Waals surface area contributed by atoms with Gasteiger partial charge in [0, 0.05) is 28.3 Å². The molecular formula is C15H18ClIN2O. The highest BCUT2D eigenvalue weighted by atomic mass is 127. The molecule has 2 N–H and O–H groups in total. The van der Waals surface area contributed by atoms with Crippen LogP contribution in [-0.4, -0.2) is 29.9 Å². The maximum atomic E-state index is 12.6. The number of amides is 1. The van der Waals surface area contributed by atoms with Gasteiger partial charge in [-0.2, -0.15) is 0 Å². The van der Waals surface area contributed by atoms with Gasteiger partial charge in [-0.25, -0.2) is 0 Å². The third kappa shape index (κ3) is 2.83. The van der Waals surface area contributed by atoms with Crippen LogP contribution in [0.15, 0.2) is 18.2 Å². The van der Waals surface area contributed by atoms with Crippen molar-refractivity contribution in [2.45, 2.75) is 25.3 Å². The van der Waals surface area contributed by atoms with Gasteiger partial charge >= 0.3 is 0 Å². The minimum atomic E-state index is 0.103.